The normalized spacial score (nSPS) is 10.3. The highest BCUT2D eigenvalue weighted by molar-refractivity contribution is 9.10. The number of nitrogens with two attached hydrogens (primary N) is 1. The maximum absolute atomic E-state index is 13.1. The van der Waals surface area contributed by atoms with Crippen molar-refractivity contribution < 1.29 is 9.18 Å². The minimum atomic E-state index is -0.377. The summed E-state index contributed by atoms with van der Waals surface area (Å²) in [5.41, 5.74) is 7.95. The van der Waals surface area contributed by atoms with Crippen LogP contribution < -0.4 is 16.0 Å². The van der Waals surface area contributed by atoms with Crippen LogP contribution in [0.1, 0.15) is 10.4 Å². The van der Waals surface area contributed by atoms with Gasteiger partial charge in [-0.3, -0.25) is 4.79 Å². The van der Waals surface area contributed by atoms with Crippen LogP contribution in [0.2, 0.25) is 0 Å². The monoisotopic (exact) mass is 351 g/mol. The topological polar surface area (TPSA) is 58.4 Å². The van der Waals surface area contributed by atoms with Crippen molar-refractivity contribution in [3.8, 4) is 0 Å². The van der Waals surface area contributed by atoms with Crippen LogP contribution in [0, 0.1) is 5.82 Å². The van der Waals surface area contributed by atoms with Gasteiger partial charge in [-0.15, -0.1) is 0 Å². The molecule has 0 heterocycles. The highest BCUT2D eigenvalue weighted by Gasteiger charge is 2.15. The first-order valence-corrected chi connectivity index (χ1v) is 7.01. The Labute approximate surface area is 130 Å². The molecule has 6 heteroatoms. The Bertz CT molecular complexity index is 689. The molecule has 0 atom stereocenters. The van der Waals surface area contributed by atoms with Crippen molar-refractivity contribution in [1.29, 1.82) is 0 Å². The van der Waals surface area contributed by atoms with Gasteiger partial charge in [0.1, 0.15) is 5.82 Å². The predicted molar refractivity (Wildman–Crippen MR) is 87.2 cm³/mol. The molecular formula is C15H15BrFN3O. The molecule has 0 spiro atoms. The lowest BCUT2D eigenvalue weighted by atomic mass is 10.1. The first kappa shape index (κ1) is 15.3. The second-order valence-corrected chi connectivity index (χ2v) is 5.60. The Morgan fingerprint density at radius 3 is 2.57 bits per heavy atom. The number of rotatable bonds is 3. The number of carbonyl (C=O) groups is 1. The van der Waals surface area contributed by atoms with Gasteiger partial charge in [0, 0.05) is 29.9 Å². The van der Waals surface area contributed by atoms with Gasteiger partial charge in [0.2, 0.25) is 0 Å². The summed E-state index contributed by atoms with van der Waals surface area (Å²) >= 11 is 3.22. The zero-order valence-corrected chi connectivity index (χ0v) is 13.2. The molecule has 2 aromatic carbocycles. The van der Waals surface area contributed by atoms with E-state index in [1.807, 2.05) is 19.0 Å². The average molecular weight is 352 g/mol. The van der Waals surface area contributed by atoms with Gasteiger partial charge in [-0.1, -0.05) is 0 Å². The first-order valence-electron chi connectivity index (χ1n) is 6.21. The molecule has 2 rings (SSSR count). The van der Waals surface area contributed by atoms with Gasteiger partial charge in [0.25, 0.3) is 5.91 Å². The number of halogens is 2. The Kier molecular flexibility index (Phi) is 4.47. The molecule has 0 bridgehead atoms. The fourth-order valence-corrected chi connectivity index (χ4v) is 2.36. The first-order chi connectivity index (χ1) is 9.88. The maximum atomic E-state index is 13.1. The molecule has 110 valence electrons. The summed E-state index contributed by atoms with van der Waals surface area (Å²) in [7, 11) is 3.69. The van der Waals surface area contributed by atoms with Crippen LogP contribution in [0.3, 0.4) is 0 Å². The van der Waals surface area contributed by atoms with Gasteiger partial charge in [-0.2, -0.15) is 0 Å². The van der Waals surface area contributed by atoms with E-state index >= 15 is 0 Å². The van der Waals surface area contributed by atoms with E-state index in [0.717, 1.165) is 5.69 Å². The highest BCUT2D eigenvalue weighted by atomic mass is 79.9. The number of benzene rings is 2. The molecule has 21 heavy (non-hydrogen) atoms. The molecular weight excluding hydrogens is 337 g/mol. The maximum Gasteiger partial charge on any atom is 0.257 e. The highest BCUT2D eigenvalue weighted by Crippen LogP contribution is 2.26. The SMILES string of the molecule is CN(C)c1ccc(N)cc1C(=O)Nc1ccc(F)cc1Br. The van der Waals surface area contributed by atoms with E-state index in [2.05, 4.69) is 21.2 Å². The molecule has 0 saturated carbocycles. The van der Waals surface area contributed by atoms with Gasteiger partial charge in [0.05, 0.1) is 11.3 Å². The van der Waals surface area contributed by atoms with Crippen molar-refractivity contribution in [2.45, 2.75) is 0 Å². The van der Waals surface area contributed by atoms with Crippen molar-refractivity contribution in [2.75, 3.05) is 30.0 Å². The van der Waals surface area contributed by atoms with Crippen LogP contribution in [0.4, 0.5) is 21.5 Å². The van der Waals surface area contributed by atoms with E-state index in [1.165, 1.54) is 18.2 Å². The summed E-state index contributed by atoms with van der Waals surface area (Å²) in [5.74, 6) is -0.684. The van der Waals surface area contributed by atoms with Crippen molar-refractivity contribution in [3.05, 3.63) is 52.3 Å². The van der Waals surface area contributed by atoms with Crippen LogP contribution in [0.25, 0.3) is 0 Å². The van der Waals surface area contributed by atoms with E-state index in [1.54, 1.807) is 18.2 Å². The van der Waals surface area contributed by atoms with Gasteiger partial charge in [0.15, 0.2) is 0 Å². The molecule has 1 amide bonds. The summed E-state index contributed by atoms with van der Waals surface area (Å²) < 4.78 is 13.5. The molecule has 0 aliphatic rings. The number of nitrogens with zero attached hydrogens (tertiary/aromatic N) is 1. The molecule has 2 aromatic rings. The number of anilines is 3. The Balaban J connectivity index is 2.34. The summed E-state index contributed by atoms with van der Waals surface area (Å²) in [6.07, 6.45) is 0. The number of carbonyl (C=O) groups excluding carboxylic acids is 1. The van der Waals surface area contributed by atoms with Crippen LogP contribution in [-0.4, -0.2) is 20.0 Å². The van der Waals surface area contributed by atoms with E-state index in [4.69, 9.17) is 5.73 Å². The second-order valence-electron chi connectivity index (χ2n) is 4.75. The molecule has 0 aliphatic carbocycles. The van der Waals surface area contributed by atoms with Gasteiger partial charge < -0.3 is 16.0 Å². The lowest BCUT2D eigenvalue weighted by Crippen LogP contribution is -2.19. The predicted octanol–water partition coefficient (Wildman–Crippen LogP) is 3.49. The van der Waals surface area contributed by atoms with E-state index < -0.39 is 0 Å². The number of hydrogen-bond donors (Lipinski definition) is 2. The zero-order chi connectivity index (χ0) is 15.6. The number of nitrogens with one attached hydrogen (secondary N) is 1. The molecule has 0 fully saturated rings. The lowest BCUT2D eigenvalue weighted by molar-refractivity contribution is 0.102. The van der Waals surface area contributed by atoms with Crippen molar-refractivity contribution >= 4 is 38.9 Å². The third kappa shape index (κ3) is 3.52. The second kappa shape index (κ2) is 6.13. The number of amides is 1. The summed E-state index contributed by atoms with van der Waals surface area (Å²) in [4.78, 5) is 14.2. The van der Waals surface area contributed by atoms with E-state index in [9.17, 15) is 9.18 Å². The standard InChI is InChI=1S/C15H15BrFN3O/c1-20(2)14-6-4-10(18)8-11(14)15(21)19-13-5-3-9(17)7-12(13)16/h3-8H,18H2,1-2H3,(H,19,21). The molecule has 4 nitrogen and oxygen atoms in total. The van der Waals surface area contributed by atoms with Crippen molar-refractivity contribution in [2.24, 2.45) is 0 Å². The van der Waals surface area contributed by atoms with Crippen LogP contribution in [0.15, 0.2) is 40.9 Å². The van der Waals surface area contributed by atoms with E-state index in [-0.39, 0.29) is 11.7 Å². The lowest BCUT2D eigenvalue weighted by Gasteiger charge is -2.18. The summed E-state index contributed by atoms with van der Waals surface area (Å²) in [5, 5.41) is 2.74. The molecule has 0 radical (unpaired) electrons. The summed E-state index contributed by atoms with van der Waals surface area (Å²) in [6, 6.07) is 9.21. The molecule has 3 N–H and O–H groups in total. The largest absolute Gasteiger partial charge is 0.399 e. The molecule has 0 saturated heterocycles. The van der Waals surface area contributed by atoms with Crippen LogP contribution in [-0.2, 0) is 0 Å². The Hall–Kier alpha value is -2.08. The number of hydrogen-bond acceptors (Lipinski definition) is 3. The summed E-state index contributed by atoms with van der Waals surface area (Å²) in [6.45, 7) is 0. The van der Waals surface area contributed by atoms with Gasteiger partial charge in [-0.25, -0.2) is 4.39 Å². The Morgan fingerprint density at radius 2 is 1.95 bits per heavy atom. The van der Waals surface area contributed by atoms with Gasteiger partial charge >= 0.3 is 0 Å². The molecule has 0 aliphatic heterocycles. The quantitative estimate of drug-likeness (QED) is 0.832. The third-order valence-corrected chi connectivity index (χ3v) is 3.58. The fraction of sp³-hybridized carbons (Fsp3) is 0.133. The molecule has 0 aromatic heterocycles. The minimum Gasteiger partial charge on any atom is -0.399 e. The third-order valence-electron chi connectivity index (χ3n) is 2.93. The van der Waals surface area contributed by atoms with Crippen molar-refractivity contribution in [1.82, 2.24) is 0 Å². The van der Waals surface area contributed by atoms with Crippen molar-refractivity contribution in [3.63, 3.8) is 0 Å². The molecule has 0 unspecified atom stereocenters. The van der Waals surface area contributed by atoms with Gasteiger partial charge in [-0.05, 0) is 52.3 Å². The van der Waals surface area contributed by atoms with E-state index in [0.29, 0.717) is 21.4 Å². The Morgan fingerprint density at radius 1 is 1.24 bits per heavy atom. The number of nitrogen functional groups attached to an aromatic ring is 1. The fourth-order valence-electron chi connectivity index (χ4n) is 1.91. The average Bonchev–Trinajstić information content (AvgIpc) is 2.41. The van der Waals surface area contributed by atoms with Crippen LogP contribution in [0.5, 0.6) is 0 Å². The zero-order valence-electron chi connectivity index (χ0n) is 11.7. The minimum absolute atomic E-state index is 0.307. The van der Waals surface area contributed by atoms with Crippen LogP contribution >= 0.6 is 15.9 Å². The smallest absolute Gasteiger partial charge is 0.257 e.